The number of fused-ring (bicyclic) bond motifs is 1. The van der Waals surface area contributed by atoms with Crippen molar-refractivity contribution in [2.45, 2.75) is 32.2 Å². The molecule has 3 unspecified atom stereocenters. The number of hydrogen-bond donors (Lipinski definition) is 0. The summed E-state index contributed by atoms with van der Waals surface area (Å²) < 4.78 is 0. The minimum absolute atomic E-state index is 0.793. The second kappa shape index (κ2) is 1.98. The lowest BCUT2D eigenvalue weighted by Crippen LogP contribution is -2.46. The smallest absolute Gasteiger partial charge is 0.0274 e. The van der Waals surface area contributed by atoms with E-state index in [1.807, 2.05) is 0 Å². The van der Waals surface area contributed by atoms with Crippen molar-refractivity contribution in [3.8, 4) is 0 Å². The van der Waals surface area contributed by atoms with Gasteiger partial charge in [0.05, 0.1) is 0 Å². The molecule has 51 valence electrons. The first-order valence-electron chi connectivity index (χ1n) is 4.03. The lowest BCUT2D eigenvalue weighted by atomic mass is 9.72. The minimum atomic E-state index is 0.793. The molecule has 1 saturated carbocycles. The van der Waals surface area contributed by atoms with Crippen LogP contribution in [0.15, 0.2) is 0 Å². The van der Waals surface area contributed by atoms with Crippen LogP contribution in [0.3, 0.4) is 0 Å². The average molecular weight is 124 g/mol. The van der Waals surface area contributed by atoms with E-state index in [4.69, 9.17) is 0 Å². The molecule has 1 nitrogen and oxygen atoms in total. The van der Waals surface area contributed by atoms with Gasteiger partial charge >= 0.3 is 0 Å². The Kier molecular flexibility index (Phi) is 1.26. The fourth-order valence-electron chi connectivity index (χ4n) is 1.97. The van der Waals surface area contributed by atoms with Crippen molar-refractivity contribution in [2.75, 3.05) is 6.54 Å². The van der Waals surface area contributed by atoms with Gasteiger partial charge in [0, 0.05) is 12.6 Å². The highest BCUT2D eigenvalue weighted by Gasteiger charge is 2.35. The van der Waals surface area contributed by atoms with Gasteiger partial charge in [-0.2, -0.15) is 0 Å². The van der Waals surface area contributed by atoms with Crippen LogP contribution >= 0.6 is 0 Å². The molecule has 3 atom stereocenters. The van der Waals surface area contributed by atoms with E-state index in [1.54, 1.807) is 0 Å². The van der Waals surface area contributed by atoms with Gasteiger partial charge in [-0.25, -0.2) is 5.32 Å². The van der Waals surface area contributed by atoms with Crippen LogP contribution in [0.2, 0.25) is 0 Å². The van der Waals surface area contributed by atoms with Crippen LogP contribution in [-0.4, -0.2) is 12.6 Å². The van der Waals surface area contributed by atoms with E-state index in [2.05, 4.69) is 12.2 Å². The topological polar surface area (TPSA) is 14.1 Å². The number of rotatable bonds is 0. The van der Waals surface area contributed by atoms with Crippen LogP contribution in [0.1, 0.15) is 26.2 Å². The third kappa shape index (κ3) is 0.877. The second-order valence-corrected chi connectivity index (χ2v) is 3.61. The van der Waals surface area contributed by atoms with Crippen molar-refractivity contribution in [1.29, 1.82) is 0 Å². The van der Waals surface area contributed by atoms with Crippen molar-refractivity contribution < 1.29 is 0 Å². The molecule has 0 bridgehead atoms. The molecule has 2 aliphatic rings. The van der Waals surface area contributed by atoms with Crippen LogP contribution in [0.4, 0.5) is 0 Å². The summed E-state index contributed by atoms with van der Waals surface area (Å²) in [5.74, 6) is 1.88. The molecule has 0 N–H and O–H groups in total. The first kappa shape index (κ1) is 5.72. The Bertz CT molecular complexity index is 111. The SMILES string of the molecule is CC1C[N]C2CCC2C1. The van der Waals surface area contributed by atoms with Gasteiger partial charge in [0.15, 0.2) is 0 Å². The molecule has 0 spiro atoms. The maximum atomic E-state index is 4.58. The summed E-state index contributed by atoms with van der Waals surface area (Å²) in [6.07, 6.45) is 4.30. The molecule has 0 amide bonds. The predicted octanol–water partition coefficient (Wildman–Crippen LogP) is 1.41. The molecule has 1 radical (unpaired) electrons. The Morgan fingerprint density at radius 2 is 2.22 bits per heavy atom. The van der Waals surface area contributed by atoms with Crippen molar-refractivity contribution in [3.63, 3.8) is 0 Å². The van der Waals surface area contributed by atoms with Crippen molar-refractivity contribution in [2.24, 2.45) is 11.8 Å². The van der Waals surface area contributed by atoms with Gasteiger partial charge in [0.1, 0.15) is 0 Å². The van der Waals surface area contributed by atoms with Gasteiger partial charge in [-0.05, 0) is 31.1 Å². The third-order valence-electron chi connectivity index (χ3n) is 2.73. The Hall–Kier alpha value is -0.0400. The monoisotopic (exact) mass is 124 g/mol. The zero-order chi connectivity index (χ0) is 6.27. The van der Waals surface area contributed by atoms with Gasteiger partial charge in [-0.1, -0.05) is 6.92 Å². The summed E-state index contributed by atoms with van der Waals surface area (Å²) in [7, 11) is 0. The summed E-state index contributed by atoms with van der Waals surface area (Å²) in [6, 6.07) is 0.793. The molecule has 1 aliphatic heterocycles. The van der Waals surface area contributed by atoms with Crippen LogP contribution in [0.25, 0.3) is 0 Å². The zero-order valence-corrected chi connectivity index (χ0v) is 6.01. The van der Waals surface area contributed by atoms with E-state index in [0.29, 0.717) is 0 Å². The van der Waals surface area contributed by atoms with Crippen LogP contribution in [-0.2, 0) is 0 Å². The van der Waals surface area contributed by atoms with E-state index in [9.17, 15) is 0 Å². The second-order valence-electron chi connectivity index (χ2n) is 3.61. The molecular formula is C8H14N. The molecule has 1 saturated heterocycles. The highest BCUT2D eigenvalue weighted by molar-refractivity contribution is 4.91. The largest absolute Gasteiger partial charge is 0.238 e. The van der Waals surface area contributed by atoms with Crippen LogP contribution in [0.5, 0.6) is 0 Å². The predicted molar refractivity (Wildman–Crippen MR) is 37.3 cm³/mol. The zero-order valence-electron chi connectivity index (χ0n) is 6.01. The summed E-state index contributed by atoms with van der Waals surface area (Å²) in [5.41, 5.74) is 0. The quantitative estimate of drug-likeness (QED) is 0.463. The van der Waals surface area contributed by atoms with Gasteiger partial charge in [0.25, 0.3) is 0 Å². The number of piperidine rings is 1. The Labute approximate surface area is 56.8 Å². The van der Waals surface area contributed by atoms with E-state index in [-0.39, 0.29) is 0 Å². The van der Waals surface area contributed by atoms with Crippen molar-refractivity contribution in [1.82, 2.24) is 5.32 Å². The third-order valence-corrected chi connectivity index (χ3v) is 2.73. The summed E-state index contributed by atoms with van der Waals surface area (Å²) >= 11 is 0. The highest BCUT2D eigenvalue weighted by atomic mass is 15.0. The molecular weight excluding hydrogens is 110 g/mol. The molecule has 1 aliphatic carbocycles. The van der Waals surface area contributed by atoms with Gasteiger partial charge in [-0.3, -0.25) is 0 Å². The average Bonchev–Trinajstić information content (AvgIpc) is 1.78. The highest BCUT2D eigenvalue weighted by Crippen LogP contribution is 2.36. The summed E-state index contributed by atoms with van der Waals surface area (Å²) in [6.45, 7) is 3.46. The van der Waals surface area contributed by atoms with E-state index in [1.165, 1.54) is 19.3 Å². The number of hydrogen-bond acceptors (Lipinski definition) is 0. The molecule has 0 aromatic rings. The Morgan fingerprint density at radius 1 is 1.33 bits per heavy atom. The first-order valence-corrected chi connectivity index (χ1v) is 4.03. The van der Waals surface area contributed by atoms with Gasteiger partial charge in [-0.15, -0.1) is 0 Å². The van der Waals surface area contributed by atoms with E-state index in [0.717, 1.165) is 24.4 Å². The maximum Gasteiger partial charge on any atom is 0.0274 e. The minimum Gasteiger partial charge on any atom is -0.238 e. The van der Waals surface area contributed by atoms with Crippen molar-refractivity contribution in [3.05, 3.63) is 0 Å². The fraction of sp³-hybridized carbons (Fsp3) is 1.00. The number of nitrogens with zero attached hydrogens (tertiary/aromatic N) is 1. The van der Waals surface area contributed by atoms with Gasteiger partial charge in [0.2, 0.25) is 0 Å². The summed E-state index contributed by atoms with van der Waals surface area (Å²) in [4.78, 5) is 0. The molecule has 9 heavy (non-hydrogen) atoms. The maximum absolute atomic E-state index is 4.58. The van der Waals surface area contributed by atoms with Crippen LogP contribution in [0, 0.1) is 11.8 Å². The van der Waals surface area contributed by atoms with Gasteiger partial charge < -0.3 is 0 Å². The lowest BCUT2D eigenvalue weighted by molar-refractivity contribution is 0.124. The molecule has 0 aromatic carbocycles. The summed E-state index contributed by atoms with van der Waals surface area (Å²) in [5, 5.41) is 4.58. The molecule has 0 aromatic heterocycles. The standard InChI is InChI=1S/C8H14N/c1-6-4-7-2-3-8(7)9-5-6/h6-8H,2-5H2,1H3. The molecule has 1 heteroatoms. The van der Waals surface area contributed by atoms with Crippen molar-refractivity contribution >= 4 is 0 Å². The lowest BCUT2D eigenvalue weighted by Gasteiger charge is -2.42. The Balaban J connectivity index is 1.92. The molecule has 2 rings (SSSR count). The molecule has 2 fully saturated rings. The van der Waals surface area contributed by atoms with E-state index >= 15 is 0 Å². The van der Waals surface area contributed by atoms with E-state index < -0.39 is 0 Å². The molecule has 1 heterocycles. The fourth-order valence-corrected chi connectivity index (χ4v) is 1.97. The Morgan fingerprint density at radius 3 is 2.67 bits per heavy atom. The van der Waals surface area contributed by atoms with Crippen LogP contribution < -0.4 is 5.32 Å². The normalized spacial score (nSPS) is 49.7. The first-order chi connectivity index (χ1) is 4.36.